The fourth-order valence-electron chi connectivity index (χ4n) is 2.50. The lowest BCUT2D eigenvalue weighted by molar-refractivity contribution is -0.0661. The molecule has 0 amide bonds. The number of hydrogen-bond acceptors (Lipinski definition) is 7. The largest absolute Gasteiger partial charge is 0.384 e. The molecule has 0 bridgehead atoms. The number of hydrogen-bond donors (Lipinski definition) is 1. The highest BCUT2D eigenvalue weighted by Gasteiger charge is 2.21. The Morgan fingerprint density at radius 1 is 1.33 bits per heavy atom. The van der Waals surface area contributed by atoms with E-state index in [4.69, 9.17) is 15.3 Å². The molecule has 0 aromatic carbocycles. The Balaban J connectivity index is 1.77. The van der Waals surface area contributed by atoms with Gasteiger partial charge in [0.25, 0.3) is 0 Å². The number of ether oxygens (including phenoxy) is 2. The van der Waals surface area contributed by atoms with Crippen molar-refractivity contribution in [2.24, 2.45) is 0 Å². The van der Waals surface area contributed by atoms with Gasteiger partial charge in [-0.3, -0.25) is 4.90 Å². The quantitative estimate of drug-likeness (QED) is 0.576. The molecule has 0 radical (unpaired) electrons. The van der Waals surface area contributed by atoms with Crippen molar-refractivity contribution in [3.05, 3.63) is 5.82 Å². The number of nitrogens with zero attached hydrogens (tertiary/aromatic N) is 4. The fourth-order valence-corrected chi connectivity index (χ4v) is 3.38. The first kappa shape index (κ1) is 16.5. The number of methoxy groups -OCH3 is 1. The van der Waals surface area contributed by atoms with Gasteiger partial charge in [-0.1, -0.05) is 11.8 Å². The Hall–Kier alpha value is -0.830. The van der Waals surface area contributed by atoms with Crippen LogP contribution >= 0.6 is 11.8 Å². The van der Waals surface area contributed by atoms with Crippen molar-refractivity contribution in [1.82, 2.24) is 19.8 Å². The summed E-state index contributed by atoms with van der Waals surface area (Å²) in [6.07, 6.45) is 1.29. The molecule has 8 heteroatoms. The third-order valence-electron chi connectivity index (χ3n) is 3.40. The average Bonchev–Trinajstić information content (AvgIpc) is 2.77. The summed E-state index contributed by atoms with van der Waals surface area (Å²) in [4.78, 5) is 2.43. The van der Waals surface area contributed by atoms with Crippen LogP contribution in [0.1, 0.15) is 19.7 Å². The topological polar surface area (TPSA) is 78.4 Å². The first-order chi connectivity index (χ1) is 10.1. The SMILES string of the molecule is COCCc1nnc(SCCN2C[C@H](C)O[C@@H](C)C2)n1N. The molecule has 1 aromatic heterocycles. The Labute approximate surface area is 130 Å². The van der Waals surface area contributed by atoms with Gasteiger partial charge in [-0.2, -0.15) is 0 Å². The summed E-state index contributed by atoms with van der Waals surface area (Å²) >= 11 is 1.64. The number of morpholine rings is 1. The van der Waals surface area contributed by atoms with E-state index in [2.05, 4.69) is 28.9 Å². The standard InChI is InChI=1S/C13H25N5O2S/c1-10-8-17(9-11(2)20-10)5-7-21-13-16-15-12(18(13)14)4-6-19-3/h10-11H,4-9,14H2,1-3H3/t10-,11-/m0/s1. The second kappa shape index (κ2) is 7.98. The van der Waals surface area contributed by atoms with Gasteiger partial charge in [0.15, 0.2) is 5.82 Å². The molecule has 120 valence electrons. The lowest BCUT2D eigenvalue weighted by atomic mass is 10.2. The summed E-state index contributed by atoms with van der Waals surface area (Å²) in [6.45, 7) is 7.81. The van der Waals surface area contributed by atoms with Crippen LogP contribution in [0.4, 0.5) is 0 Å². The van der Waals surface area contributed by atoms with Gasteiger partial charge < -0.3 is 15.3 Å². The van der Waals surface area contributed by atoms with Gasteiger partial charge in [0.05, 0.1) is 18.8 Å². The highest BCUT2D eigenvalue weighted by atomic mass is 32.2. The van der Waals surface area contributed by atoms with Crippen LogP contribution in [0.5, 0.6) is 0 Å². The molecule has 2 heterocycles. The second-order valence-corrected chi connectivity index (χ2v) is 6.44. The van der Waals surface area contributed by atoms with E-state index in [1.165, 1.54) is 0 Å². The third-order valence-corrected chi connectivity index (χ3v) is 4.32. The highest BCUT2D eigenvalue weighted by molar-refractivity contribution is 7.99. The molecule has 0 aliphatic carbocycles. The first-order valence-corrected chi connectivity index (χ1v) is 8.27. The molecule has 0 spiro atoms. The van der Waals surface area contributed by atoms with Crippen LogP contribution in [0, 0.1) is 0 Å². The summed E-state index contributed by atoms with van der Waals surface area (Å²) in [5.41, 5.74) is 0. The van der Waals surface area contributed by atoms with Crippen LogP contribution in [-0.2, 0) is 15.9 Å². The number of nitrogens with two attached hydrogens (primary N) is 1. The maximum Gasteiger partial charge on any atom is 0.209 e. The van der Waals surface area contributed by atoms with E-state index in [1.54, 1.807) is 23.5 Å². The minimum absolute atomic E-state index is 0.303. The zero-order valence-electron chi connectivity index (χ0n) is 13.0. The van der Waals surface area contributed by atoms with Crippen molar-refractivity contribution in [1.29, 1.82) is 0 Å². The van der Waals surface area contributed by atoms with Crippen LogP contribution < -0.4 is 5.84 Å². The minimum atomic E-state index is 0.303. The number of aromatic nitrogens is 3. The van der Waals surface area contributed by atoms with E-state index in [1.807, 2.05) is 0 Å². The van der Waals surface area contributed by atoms with E-state index in [0.717, 1.165) is 36.4 Å². The van der Waals surface area contributed by atoms with E-state index in [-0.39, 0.29) is 0 Å². The van der Waals surface area contributed by atoms with Crippen LogP contribution in [0.2, 0.25) is 0 Å². The summed E-state index contributed by atoms with van der Waals surface area (Å²) in [5.74, 6) is 7.69. The third kappa shape index (κ3) is 4.84. The highest BCUT2D eigenvalue weighted by Crippen LogP contribution is 2.16. The van der Waals surface area contributed by atoms with Crippen molar-refractivity contribution in [2.75, 3.05) is 44.9 Å². The molecular formula is C13H25N5O2S. The molecule has 2 atom stereocenters. The van der Waals surface area contributed by atoms with Crippen LogP contribution in [0.25, 0.3) is 0 Å². The van der Waals surface area contributed by atoms with E-state index in [0.29, 0.717) is 25.2 Å². The zero-order valence-corrected chi connectivity index (χ0v) is 13.8. The second-order valence-electron chi connectivity index (χ2n) is 5.38. The summed E-state index contributed by atoms with van der Waals surface area (Å²) in [7, 11) is 1.66. The average molecular weight is 315 g/mol. The van der Waals surface area contributed by atoms with Crippen LogP contribution in [0.3, 0.4) is 0 Å². The number of nitrogen functional groups attached to an aromatic ring is 1. The van der Waals surface area contributed by atoms with Crippen LogP contribution in [-0.4, -0.2) is 71.1 Å². The van der Waals surface area contributed by atoms with Gasteiger partial charge in [0.1, 0.15) is 0 Å². The Bertz CT molecular complexity index is 432. The molecule has 21 heavy (non-hydrogen) atoms. The molecule has 1 aliphatic rings. The van der Waals surface area contributed by atoms with Crippen molar-refractivity contribution in [2.45, 2.75) is 37.6 Å². The lowest BCUT2D eigenvalue weighted by Gasteiger charge is -2.35. The molecule has 1 saturated heterocycles. The van der Waals surface area contributed by atoms with Gasteiger partial charge in [-0.25, -0.2) is 4.68 Å². The maximum atomic E-state index is 5.99. The molecular weight excluding hydrogens is 290 g/mol. The molecule has 1 aromatic rings. The van der Waals surface area contributed by atoms with Crippen molar-refractivity contribution in [3.8, 4) is 0 Å². The fraction of sp³-hybridized carbons (Fsp3) is 0.846. The molecule has 1 fully saturated rings. The zero-order chi connectivity index (χ0) is 15.2. The van der Waals surface area contributed by atoms with Crippen molar-refractivity contribution >= 4 is 11.8 Å². The number of rotatable bonds is 7. The predicted molar refractivity (Wildman–Crippen MR) is 82.9 cm³/mol. The Kier molecular flexibility index (Phi) is 6.28. The Morgan fingerprint density at radius 3 is 2.71 bits per heavy atom. The van der Waals surface area contributed by atoms with Gasteiger partial charge in [-0.15, -0.1) is 10.2 Å². The minimum Gasteiger partial charge on any atom is -0.384 e. The maximum absolute atomic E-state index is 5.99. The lowest BCUT2D eigenvalue weighted by Crippen LogP contribution is -2.46. The van der Waals surface area contributed by atoms with E-state index in [9.17, 15) is 0 Å². The summed E-state index contributed by atoms with van der Waals surface area (Å²) in [6, 6.07) is 0. The molecule has 2 rings (SSSR count). The summed E-state index contributed by atoms with van der Waals surface area (Å²) in [5, 5.41) is 8.99. The molecule has 2 N–H and O–H groups in total. The molecule has 0 unspecified atom stereocenters. The molecule has 0 saturated carbocycles. The molecule has 1 aliphatic heterocycles. The van der Waals surface area contributed by atoms with Crippen molar-refractivity contribution < 1.29 is 9.47 Å². The van der Waals surface area contributed by atoms with Crippen LogP contribution in [0.15, 0.2) is 5.16 Å². The van der Waals surface area contributed by atoms with Gasteiger partial charge in [0.2, 0.25) is 5.16 Å². The van der Waals surface area contributed by atoms with E-state index < -0.39 is 0 Å². The predicted octanol–water partition coefficient (Wildman–Crippen LogP) is 0.382. The molecule has 7 nitrogen and oxygen atoms in total. The Morgan fingerprint density at radius 2 is 2.05 bits per heavy atom. The van der Waals surface area contributed by atoms with Crippen molar-refractivity contribution in [3.63, 3.8) is 0 Å². The summed E-state index contributed by atoms with van der Waals surface area (Å²) < 4.78 is 12.3. The van der Waals surface area contributed by atoms with Gasteiger partial charge in [-0.05, 0) is 13.8 Å². The van der Waals surface area contributed by atoms with Gasteiger partial charge >= 0.3 is 0 Å². The number of thioether (sulfide) groups is 1. The smallest absolute Gasteiger partial charge is 0.209 e. The van der Waals surface area contributed by atoms with E-state index >= 15 is 0 Å². The normalized spacial score (nSPS) is 23.6. The monoisotopic (exact) mass is 315 g/mol. The van der Waals surface area contributed by atoms with Gasteiger partial charge in [0, 0.05) is 38.9 Å². The first-order valence-electron chi connectivity index (χ1n) is 7.29.